The van der Waals surface area contributed by atoms with Crippen LogP contribution in [0.25, 0.3) is 0 Å². The first kappa shape index (κ1) is 21.0. The maximum absolute atomic E-state index is 13.1. The maximum atomic E-state index is 13.1. The number of nitrogens with zero attached hydrogens (tertiary/aromatic N) is 2. The molecule has 2 aromatic carbocycles. The fourth-order valence-electron chi connectivity index (χ4n) is 4.55. The third-order valence-electron chi connectivity index (χ3n) is 6.19. The van der Waals surface area contributed by atoms with Crippen LogP contribution in [0.2, 0.25) is 0 Å². The van der Waals surface area contributed by atoms with Gasteiger partial charge in [0.15, 0.2) is 6.54 Å². The number of benzene rings is 2. The molecule has 4 rings (SSSR count). The Morgan fingerprint density at radius 3 is 2.50 bits per heavy atom. The number of aryl methyl sites for hydroxylation is 3. The van der Waals surface area contributed by atoms with Crippen LogP contribution in [0.5, 0.6) is 0 Å². The molecular formula is C23H30N3O3S+. The number of fused-ring (bicyclic) bond motifs is 1. The minimum atomic E-state index is -3.50. The van der Waals surface area contributed by atoms with Crippen molar-refractivity contribution in [2.45, 2.75) is 31.6 Å². The van der Waals surface area contributed by atoms with Gasteiger partial charge in [-0.3, -0.25) is 4.79 Å². The number of carbonyl (C=O) groups is 1. The average Bonchev–Trinajstić information content (AvgIpc) is 2.73. The molecule has 0 unspecified atom stereocenters. The number of hydrogen-bond donors (Lipinski definition) is 1. The van der Waals surface area contributed by atoms with Crippen LogP contribution in [0.1, 0.15) is 23.1 Å². The van der Waals surface area contributed by atoms with Crippen LogP contribution in [0.15, 0.2) is 47.4 Å². The van der Waals surface area contributed by atoms with E-state index in [0.29, 0.717) is 37.6 Å². The first-order valence-electron chi connectivity index (χ1n) is 10.7. The van der Waals surface area contributed by atoms with Crippen molar-refractivity contribution in [3.05, 3.63) is 59.2 Å². The summed E-state index contributed by atoms with van der Waals surface area (Å²) in [5, 5.41) is 0. The van der Waals surface area contributed by atoms with Crippen LogP contribution in [0.3, 0.4) is 0 Å². The van der Waals surface area contributed by atoms with Gasteiger partial charge >= 0.3 is 0 Å². The zero-order valence-corrected chi connectivity index (χ0v) is 18.5. The van der Waals surface area contributed by atoms with Crippen LogP contribution in [-0.2, 0) is 21.2 Å². The van der Waals surface area contributed by atoms with Crippen molar-refractivity contribution in [2.75, 3.05) is 44.2 Å². The molecule has 0 atom stereocenters. The number of rotatable bonds is 4. The Morgan fingerprint density at radius 1 is 1.03 bits per heavy atom. The van der Waals surface area contributed by atoms with Crippen molar-refractivity contribution in [2.24, 2.45) is 0 Å². The molecule has 160 valence electrons. The van der Waals surface area contributed by atoms with Crippen LogP contribution in [-0.4, -0.2) is 57.9 Å². The van der Waals surface area contributed by atoms with Crippen molar-refractivity contribution in [3.8, 4) is 0 Å². The van der Waals surface area contributed by atoms with Crippen molar-refractivity contribution in [1.82, 2.24) is 4.31 Å². The Hall–Kier alpha value is -2.22. The average molecular weight is 429 g/mol. The van der Waals surface area contributed by atoms with Gasteiger partial charge in [0.25, 0.3) is 5.91 Å². The van der Waals surface area contributed by atoms with Gasteiger partial charge in [0, 0.05) is 12.2 Å². The van der Waals surface area contributed by atoms with E-state index < -0.39 is 10.0 Å². The van der Waals surface area contributed by atoms with Gasteiger partial charge in [-0.15, -0.1) is 0 Å². The van der Waals surface area contributed by atoms with Crippen molar-refractivity contribution < 1.29 is 18.1 Å². The molecule has 0 aliphatic carbocycles. The van der Waals surface area contributed by atoms with E-state index in [1.807, 2.05) is 49.1 Å². The smallest absolute Gasteiger partial charge is 0.282 e. The van der Waals surface area contributed by atoms with E-state index in [-0.39, 0.29) is 5.91 Å². The lowest BCUT2D eigenvalue weighted by Crippen LogP contribution is -3.15. The summed E-state index contributed by atoms with van der Waals surface area (Å²) in [5.41, 5.74) is 4.10. The Morgan fingerprint density at radius 2 is 1.77 bits per heavy atom. The highest BCUT2D eigenvalue weighted by atomic mass is 32.2. The summed E-state index contributed by atoms with van der Waals surface area (Å²) < 4.78 is 27.7. The highest BCUT2D eigenvalue weighted by molar-refractivity contribution is 7.89. The molecule has 7 heteroatoms. The molecule has 0 aromatic heterocycles. The third kappa shape index (κ3) is 4.15. The molecule has 1 saturated heterocycles. The van der Waals surface area contributed by atoms with Gasteiger partial charge in [-0.2, -0.15) is 4.31 Å². The molecule has 0 radical (unpaired) electrons. The van der Waals surface area contributed by atoms with E-state index in [2.05, 4.69) is 6.07 Å². The molecule has 2 aliphatic heterocycles. The second-order valence-electron chi connectivity index (χ2n) is 8.38. The SMILES string of the molecule is Cc1ccc(S(=O)(=O)N2CC[NH+](CC(=O)N3CCCc4ccccc43)CC2)c(C)c1. The zero-order chi connectivity index (χ0) is 21.3. The monoisotopic (exact) mass is 428 g/mol. The second kappa shape index (κ2) is 8.49. The Bertz CT molecular complexity index is 1040. The van der Waals surface area contributed by atoms with Crippen molar-refractivity contribution in [3.63, 3.8) is 0 Å². The molecule has 2 aliphatic rings. The van der Waals surface area contributed by atoms with E-state index in [9.17, 15) is 13.2 Å². The number of hydrogen-bond acceptors (Lipinski definition) is 3. The van der Waals surface area contributed by atoms with Crippen LogP contribution in [0.4, 0.5) is 5.69 Å². The fraction of sp³-hybridized carbons (Fsp3) is 0.435. The predicted molar refractivity (Wildman–Crippen MR) is 117 cm³/mol. The number of sulfonamides is 1. The van der Waals surface area contributed by atoms with Gasteiger partial charge in [-0.05, 0) is 49.9 Å². The van der Waals surface area contributed by atoms with Gasteiger partial charge < -0.3 is 9.80 Å². The number of nitrogens with one attached hydrogen (secondary N) is 1. The number of anilines is 1. The quantitative estimate of drug-likeness (QED) is 0.795. The number of amides is 1. The summed E-state index contributed by atoms with van der Waals surface area (Å²) in [7, 11) is -3.50. The highest BCUT2D eigenvalue weighted by Gasteiger charge is 2.33. The van der Waals surface area contributed by atoms with E-state index in [4.69, 9.17) is 0 Å². The second-order valence-corrected chi connectivity index (χ2v) is 10.3. The summed E-state index contributed by atoms with van der Waals surface area (Å²) >= 11 is 0. The largest absolute Gasteiger partial charge is 0.325 e. The molecule has 6 nitrogen and oxygen atoms in total. The Balaban J connectivity index is 1.39. The number of para-hydroxylation sites is 1. The van der Waals surface area contributed by atoms with E-state index in [1.54, 1.807) is 10.4 Å². The molecule has 1 N–H and O–H groups in total. The summed E-state index contributed by atoms with van der Waals surface area (Å²) in [5.74, 6) is 0.128. The summed E-state index contributed by atoms with van der Waals surface area (Å²) in [4.78, 5) is 16.4. The first-order chi connectivity index (χ1) is 14.4. The normalized spacial score (nSPS) is 18.3. The van der Waals surface area contributed by atoms with Crippen LogP contribution >= 0.6 is 0 Å². The van der Waals surface area contributed by atoms with Gasteiger partial charge in [-0.1, -0.05) is 35.9 Å². The Kier molecular flexibility index (Phi) is 5.95. The molecular weight excluding hydrogens is 398 g/mol. The summed E-state index contributed by atoms with van der Waals surface area (Å²) in [6, 6.07) is 13.6. The predicted octanol–water partition coefficient (Wildman–Crippen LogP) is 1.17. The van der Waals surface area contributed by atoms with E-state index in [1.165, 1.54) is 5.56 Å². The Labute approximate surface area is 179 Å². The van der Waals surface area contributed by atoms with E-state index in [0.717, 1.165) is 41.1 Å². The highest BCUT2D eigenvalue weighted by Crippen LogP contribution is 2.26. The van der Waals surface area contributed by atoms with Crippen LogP contribution < -0.4 is 9.80 Å². The van der Waals surface area contributed by atoms with Gasteiger partial charge in [-0.25, -0.2) is 8.42 Å². The zero-order valence-electron chi connectivity index (χ0n) is 17.7. The van der Waals surface area contributed by atoms with Gasteiger partial charge in [0.05, 0.1) is 31.1 Å². The van der Waals surface area contributed by atoms with Gasteiger partial charge in [0.2, 0.25) is 10.0 Å². The summed E-state index contributed by atoms with van der Waals surface area (Å²) in [6.45, 7) is 7.14. The molecule has 0 bridgehead atoms. The van der Waals surface area contributed by atoms with Crippen LogP contribution in [0, 0.1) is 13.8 Å². The number of piperazine rings is 1. The summed E-state index contributed by atoms with van der Waals surface area (Å²) in [6.07, 6.45) is 2.00. The number of carbonyl (C=O) groups excluding carboxylic acids is 1. The van der Waals surface area contributed by atoms with Crippen molar-refractivity contribution in [1.29, 1.82) is 0 Å². The molecule has 2 aromatic rings. The molecule has 1 amide bonds. The molecule has 30 heavy (non-hydrogen) atoms. The minimum absolute atomic E-state index is 0.128. The molecule has 0 saturated carbocycles. The first-order valence-corrected chi connectivity index (χ1v) is 12.1. The lowest BCUT2D eigenvalue weighted by Gasteiger charge is -2.34. The molecule has 1 fully saturated rings. The standard InChI is InChI=1S/C23H29N3O3S/c1-18-9-10-22(19(2)16-18)30(28,29)25-14-12-24(13-15-25)17-23(27)26-11-5-7-20-6-3-4-8-21(20)26/h3-4,6,8-10,16H,5,7,11-15,17H2,1-2H3/p+1. The fourth-order valence-corrected chi connectivity index (χ4v) is 6.20. The van der Waals surface area contributed by atoms with E-state index >= 15 is 0 Å². The van der Waals surface area contributed by atoms with Crippen molar-refractivity contribution >= 4 is 21.6 Å². The van der Waals surface area contributed by atoms with Gasteiger partial charge in [0.1, 0.15) is 0 Å². The minimum Gasteiger partial charge on any atom is -0.325 e. The lowest BCUT2D eigenvalue weighted by molar-refractivity contribution is -0.895. The molecule has 2 heterocycles. The third-order valence-corrected chi connectivity index (χ3v) is 8.25. The topological polar surface area (TPSA) is 62.1 Å². The number of quaternary nitrogens is 1. The lowest BCUT2D eigenvalue weighted by atomic mass is 10.0. The molecule has 0 spiro atoms. The maximum Gasteiger partial charge on any atom is 0.282 e.